The minimum atomic E-state index is -0.389. The lowest BCUT2D eigenvalue weighted by Gasteiger charge is -2.37. The van der Waals surface area contributed by atoms with Crippen molar-refractivity contribution in [3.8, 4) is 0 Å². The third kappa shape index (κ3) is 7.64. The fraction of sp³-hybridized carbons (Fsp3) is 0.700. The molecule has 0 unspecified atom stereocenters. The number of benzene rings is 1. The van der Waals surface area contributed by atoms with Crippen LogP contribution in [0.5, 0.6) is 0 Å². The Morgan fingerprint density at radius 1 is 1.11 bits per heavy atom. The number of nitrogens with zero attached hydrogens (tertiary/aromatic N) is 1. The van der Waals surface area contributed by atoms with E-state index < -0.39 is 0 Å². The van der Waals surface area contributed by atoms with Crippen molar-refractivity contribution < 1.29 is 24.1 Å². The summed E-state index contributed by atoms with van der Waals surface area (Å²) in [5.41, 5.74) is 2.67. The third-order valence-corrected chi connectivity index (χ3v) is 8.33. The van der Waals surface area contributed by atoms with E-state index >= 15 is 0 Å². The molecular formula is C30H45NO5. The van der Waals surface area contributed by atoms with Crippen LogP contribution in [0, 0.1) is 5.92 Å². The van der Waals surface area contributed by atoms with Crippen molar-refractivity contribution in [2.24, 2.45) is 5.92 Å². The second kappa shape index (κ2) is 14.3. The van der Waals surface area contributed by atoms with E-state index in [9.17, 15) is 9.90 Å². The largest absolute Gasteiger partial charge is 0.469 e. The molecule has 1 aliphatic heterocycles. The average Bonchev–Trinajstić information content (AvgIpc) is 3.25. The first kappa shape index (κ1) is 27.3. The summed E-state index contributed by atoms with van der Waals surface area (Å²) in [5, 5.41) is 11.1. The second-order valence-electron chi connectivity index (χ2n) is 10.7. The van der Waals surface area contributed by atoms with Gasteiger partial charge in [0.2, 0.25) is 0 Å². The number of ether oxygens (including phenoxy) is 3. The van der Waals surface area contributed by atoms with Crippen molar-refractivity contribution in [1.82, 2.24) is 4.90 Å². The highest BCUT2D eigenvalue weighted by atomic mass is 16.5. The molecule has 0 bridgehead atoms. The molecule has 0 aromatic heterocycles. The Morgan fingerprint density at radius 2 is 1.86 bits per heavy atom. The molecule has 0 amide bonds. The summed E-state index contributed by atoms with van der Waals surface area (Å²) < 4.78 is 16.8. The predicted molar refractivity (Wildman–Crippen MR) is 141 cm³/mol. The monoisotopic (exact) mass is 499 g/mol. The number of carbonyl (C=O) groups is 1. The van der Waals surface area contributed by atoms with E-state index in [1.165, 1.54) is 50.3 Å². The van der Waals surface area contributed by atoms with Crippen LogP contribution in [0.15, 0.2) is 36.4 Å². The zero-order valence-electron chi connectivity index (χ0n) is 22.0. The number of methoxy groups -OCH3 is 1. The summed E-state index contributed by atoms with van der Waals surface area (Å²) in [6.07, 6.45) is 14.3. The van der Waals surface area contributed by atoms with Crippen LogP contribution in [-0.2, 0) is 25.6 Å². The maximum atomic E-state index is 11.3. The Kier molecular flexibility index (Phi) is 10.8. The fourth-order valence-electron chi connectivity index (χ4n) is 6.29. The molecule has 4 atom stereocenters. The number of hydrogen-bond acceptors (Lipinski definition) is 6. The van der Waals surface area contributed by atoms with Crippen LogP contribution in [0.1, 0.15) is 81.3 Å². The van der Waals surface area contributed by atoms with E-state index in [1.54, 1.807) is 0 Å². The van der Waals surface area contributed by atoms with Gasteiger partial charge in [-0.15, -0.1) is 0 Å². The van der Waals surface area contributed by atoms with Gasteiger partial charge in [0.15, 0.2) is 0 Å². The van der Waals surface area contributed by atoms with E-state index in [-0.39, 0.29) is 30.1 Å². The first-order valence-corrected chi connectivity index (χ1v) is 14.1. The summed E-state index contributed by atoms with van der Waals surface area (Å²) in [6.45, 7) is 3.74. The van der Waals surface area contributed by atoms with Crippen molar-refractivity contribution >= 4 is 5.97 Å². The number of hydrogen-bond donors (Lipinski definition) is 1. The zero-order chi connectivity index (χ0) is 25.2. The third-order valence-electron chi connectivity index (χ3n) is 8.33. The molecule has 3 aliphatic rings. The molecule has 1 saturated heterocycles. The van der Waals surface area contributed by atoms with Crippen molar-refractivity contribution in [3.05, 3.63) is 47.5 Å². The van der Waals surface area contributed by atoms with E-state index in [4.69, 9.17) is 14.2 Å². The first-order chi connectivity index (χ1) is 17.7. The Labute approximate surface area is 217 Å². The van der Waals surface area contributed by atoms with Crippen LogP contribution in [0.3, 0.4) is 0 Å². The number of aliphatic hydroxyl groups excluding tert-OH is 1. The number of morpholine rings is 1. The molecule has 2 saturated carbocycles. The fourth-order valence-corrected chi connectivity index (χ4v) is 6.29. The summed E-state index contributed by atoms with van der Waals surface area (Å²) in [5.74, 6) is 0.795. The lowest BCUT2D eigenvalue weighted by atomic mass is 9.84. The highest BCUT2D eigenvalue weighted by molar-refractivity contribution is 5.69. The van der Waals surface area contributed by atoms with Gasteiger partial charge in [0.05, 0.1) is 39.1 Å². The Morgan fingerprint density at radius 3 is 2.58 bits per heavy atom. The molecule has 1 aromatic rings. The molecule has 4 rings (SSSR count). The highest BCUT2D eigenvalue weighted by Gasteiger charge is 2.45. The van der Waals surface area contributed by atoms with Crippen LogP contribution in [0.2, 0.25) is 0 Å². The summed E-state index contributed by atoms with van der Waals surface area (Å²) in [7, 11) is 1.43. The van der Waals surface area contributed by atoms with Gasteiger partial charge in [-0.05, 0) is 49.1 Å². The van der Waals surface area contributed by atoms with Crippen LogP contribution < -0.4 is 0 Å². The molecule has 0 radical (unpaired) electrons. The van der Waals surface area contributed by atoms with Gasteiger partial charge in [-0.1, -0.05) is 55.7 Å². The molecule has 6 nitrogen and oxygen atoms in total. The zero-order valence-corrected chi connectivity index (χ0v) is 22.0. The maximum Gasteiger partial charge on any atom is 0.305 e. The van der Waals surface area contributed by atoms with E-state index in [0.29, 0.717) is 19.4 Å². The van der Waals surface area contributed by atoms with Gasteiger partial charge in [-0.3, -0.25) is 9.69 Å². The summed E-state index contributed by atoms with van der Waals surface area (Å²) in [6, 6.07) is 9.13. The molecule has 6 heteroatoms. The van der Waals surface area contributed by atoms with Crippen LogP contribution >= 0.6 is 0 Å². The molecule has 200 valence electrons. The quantitative estimate of drug-likeness (QED) is 0.263. The molecule has 2 aliphatic carbocycles. The normalized spacial score (nSPS) is 28.1. The van der Waals surface area contributed by atoms with Gasteiger partial charge in [-0.25, -0.2) is 0 Å². The van der Waals surface area contributed by atoms with Crippen molar-refractivity contribution in [2.75, 3.05) is 33.4 Å². The molecule has 3 fully saturated rings. The van der Waals surface area contributed by atoms with Crippen molar-refractivity contribution in [1.29, 1.82) is 0 Å². The summed E-state index contributed by atoms with van der Waals surface area (Å²) >= 11 is 0. The second-order valence-corrected chi connectivity index (χ2v) is 10.7. The van der Waals surface area contributed by atoms with Gasteiger partial charge < -0.3 is 19.3 Å². The number of aliphatic hydroxyl groups is 1. The number of allylic oxidation sites excluding steroid dienone is 2. The van der Waals surface area contributed by atoms with Crippen molar-refractivity contribution in [2.45, 2.75) is 95.0 Å². The van der Waals surface area contributed by atoms with Crippen LogP contribution in [0.4, 0.5) is 0 Å². The lowest BCUT2D eigenvalue weighted by molar-refractivity contribution is -0.140. The number of unbranched alkanes of at least 4 members (excludes halogenated alkanes) is 1. The lowest BCUT2D eigenvalue weighted by Crippen LogP contribution is -2.50. The number of carbonyl (C=O) groups excluding carboxylic acids is 1. The Balaban J connectivity index is 1.34. The molecule has 1 N–H and O–H groups in total. The van der Waals surface area contributed by atoms with Crippen LogP contribution in [-0.4, -0.2) is 67.6 Å². The highest BCUT2D eigenvalue weighted by Crippen LogP contribution is 2.37. The first-order valence-electron chi connectivity index (χ1n) is 14.1. The SMILES string of the molecule is COC(=O)CCCC=CC[C@@H]1[C@@H](N2CCOCC2)[C@@H](O)C[C@@H]1OCc1ccc(C2CCCCC2)cc1. The summed E-state index contributed by atoms with van der Waals surface area (Å²) in [4.78, 5) is 13.7. The molecule has 1 aromatic carbocycles. The van der Waals surface area contributed by atoms with Gasteiger partial charge in [-0.2, -0.15) is 0 Å². The van der Waals surface area contributed by atoms with Gasteiger partial charge in [0, 0.05) is 37.9 Å². The number of rotatable bonds is 11. The maximum absolute atomic E-state index is 11.3. The smallest absolute Gasteiger partial charge is 0.305 e. The number of esters is 1. The van der Waals surface area contributed by atoms with E-state index in [0.717, 1.165) is 51.5 Å². The van der Waals surface area contributed by atoms with Crippen molar-refractivity contribution in [3.63, 3.8) is 0 Å². The standard InChI is InChI=1S/C30H45NO5/c1-34-29(33)12-8-3-2-7-11-26-28(21-27(32)30(26)31-17-19-35-20-18-31)36-22-23-13-15-25(16-14-23)24-9-5-4-6-10-24/h2,7,13-16,24,26-28,30,32H,3-6,8-12,17-22H2,1H3/t26-,27-,28-,30+/m0/s1. The van der Waals surface area contributed by atoms with Gasteiger partial charge in [0.1, 0.15) is 0 Å². The van der Waals surface area contributed by atoms with Gasteiger partial charge >= 0.3 is 5.97 Å². The minimum absolute atomic E-state index is 0.0191. The predicted octanol–water partition coefficient (Wildman–Crippen LogP) is 4.99. The minimum Gasteiger partial charge on any atom is -0.469 e. The van der Waals surface area contributed by atoms with Gasteiger partial charge in [0.25, 0.3) is 0 Å². The van der Waals surface area contributed by atoms with E-state index in [1.807, 2.05) is 0 Å². The molecule has 36 heavy (non-hydrogen) atoms. The Hall–Kier alpha value is -1.73. The van der Waals surface area contributed by atoms with E-state index in [2.05, 4.69) is 41.3 Å². The Bertz CT molecular complexity index is 813. The average molecular weight is 500 g/mol. The topological polar surface area (TPSA) is 68.2 Å². The molecule has 1 heterocycles. The van der Waals surface area contributed by atoms with Crippen LogP contribution in [0.25, 0.3) is 0 Å². The molecule has 0 spiro atoms. The molecular weight excluding hydrogens is 454 g/mol.